The number of carbonyl (C=O) groups is 2. The highest BCUT2D eigenvalue weighted by Gasteiger charge is 2.27. The minimum atomic E-state index is -0.205. The van der Waals surface area contributed by atoms with E-state index in [0.717, 1.165) is 42.5 Å². The summed E-state index contributed by atoms with van der Waals surface area (Å²) in [5.74, 6) is 0.0983. The molecule has 1 heterocycles. The maximum atomic E-state index is 12.6. The molecule has 6 heteroatoms. The Balaban J connectivity index is 1.40. The molecule has 2 N–H and O–H groups in total. The highest BCUT2D eigenvalue weighted by molar-refractivity contribution is 9.10. The molecule has 29 heavy (non-hydrogen) atoms. The lowest BCUT2D eigenvalue weighted by Gasteiger charge is -2.35. The molecule has 154 valence electrons. The largest absolute Gasteiger partial charge is 0.353 e. The zero-order valence-electron chi connectivity index (χ0n) is 16.7. The van der Waals surface area contributed by atoms with E-state index in [-0.39, 0.29) is 23.9 Å². The number of aryl methyl sites for hydroxylation is 1. The molecule has 1 aliphatic heterocycles. The molecule has 0 aromatic heterocycles. The fourth-order valence-electron chi connectivity index (χ4n) is 3.61. The Hall–Kier alpha value is -2.18. The molecule has 0 radical (unpaired) electrons. The quantitative estimate of drug-likeness (QED) is 0.660. The van der Waals surface area contributed by atoms with Crippen LogP contribution in [0.1, 0.15) is 31.7 Å². The number of carbonyl (C=O) groups excluding carboxylic acids is 2. The molecule has 3 rings (SSSR count). The average molecular weight is 458 g/mol. The van der Waals surface area contributed by atoms with Gasteiger partial charge >= 0.3 is 0 Å². The van der Waals surface area contributed by atoms with Gasteiger partial charge in [0.05, 0.1) is 6.04 Å². The predicted molar refractivity (Wildman–Crippen MR) is 120 cm³/mol. The van der Waals surface area contributed by atoms with Gasteiger partial charge < -0.3 is 10.6 Å². The van der Waals surface area contributed by atoms with Crippen molar-refractivity contribution in [2.75, 3.05) is 18.4 Å². The third-order valence-electron chi connectivity index (χ3n) is 5.40. The van der Waals surface area contributed by atoms with Crippen LogP contribution < -0.4 is 10.6 Å². The molecule has 1 fully saturated rings. The minimum absolute atomic E-state index is 0.00607. The fourth-order valence-corrected chi connectivity index (χ4v) is 4.01. The van der Waals surface area contributed by atoms with Crippen LogP contribution in [0.25, 0.3) is 0 Å². The van der Waals surface area contributed by atoms with Crippen LogP contribution in [0.3, 0.4) is 0 Å². The molecule has 5 nitrogen and oxygen atoms in total. The summed E-state index contributed by atoms with van der Waals surface area (Å²) in [7, 11) is 0. The third kappa shape index (κ3) is 6.68. The number of likely N-dealkylation sites (tertiary alicyclic amines) is 1. The average Bonchev–Trinajstić information content (AvgIpc) is 2.73. The molecule has 2 aromatic rings. The lowest BCUT2D eigenvalue weighted by Crippen LogP contribution is -2.50. The van der Waals surface area contributed by atoms with Crippen LogP contribution in [-0.4, -0.2) is 41.9 Å². The molecule has 1 aliphatic rings. The molecular formula is C23H28BrN3O2. The molecule has 2 aromatic carbocycles. The van der Waals surface area contributed by atoms with Gasteiger partial charge in [-0.05, 0) is 49.9 Å². The number of hydrogen-bond acceptors (Lipinski definition) is 3. The maximum Gasteiger partial charge on any atom is 0.241 e. The molecule has 0 aliphatic carbocycles. The summed E-state index contributed by atoms with van der Waals surface area (Å²) in [6, 6.07) is 17.7. The Kier molecular flexibility index (Phi) is 7.83. The summed E-state index contributed by atoms with van der Waals surface area (Å²) in [6.45, 7) is 3.54. The number of nitrogens with one attached hydrogen (secondary N) is 2. The molecule has 1 unspecified atom stereocenters. The van der Waals surface area contributed by atoms with Gasteiger partial charge in [-0.25, -0.2) is 0 Å². The Bertz CT molecular complexity index is 820. The van der Waals surface area contributed by atoms with E-state index >= 15 is 0 Å². The number of halogens is 1. The summed E-state index contributed by atoms with van der Waals surface area (Å²) >= 11 is 3.42. The summed E-state index contributed by atoms with van der Waals surface area (Å²) in [4.78, 5) is 27.0. The zero-order chi connectivity index (χ0) is 20.6. The second-order valence-electron chi connectivity index (χ2n) is 7.54. The molecule has 1 atom stereocenters. The lowest BCUT2D eigenvalue weighted by atomic mass is 10.0. The van der Waals surface area contributed by atoms with Crippen LogP contribution in [-0.2, 0) is 16.0 Å². The first-order chi connectivity index (χ1) is 14.0. The van der Waals surface area contributed by atoms with Crippen molar-refractivity contribution in [1.29, 1.82) is 0 Å². The van der Waals surface area contributed by atoms with E-state index in [9.17, 15) is 9.59 Å². The summed E-state index contributed by atoms with van der Waals surface area (Å²) in [6.07, 6.45) is 3.01. The van der Waals surface area contributed by atoms with Crippen molar-refractivity contribution in [3.8, 4) is 0 Å². The van der Waals surface area contributed by atoms with Crippen molar-refractivity contribution in [3.63, 3.8) is 0 Å². The predicted octanol–water partition coefficient (Wildman–Crippen LogP) is 3.99. The first-order valence-corrected chi connectivity index (χ1v) is 10.9. The minimum Gasteiger partial charge on any atom is -0.353 e. The van der Waals surface area contributed by atoms with Crippen LogP contribution in [0.4, 0.5) is 5.69 Å². The van der Waals surface area contributed by atoms with Gasteiger partial charge in [0.15, 0.2) is 0 Å². The first kappa shape index (κ1) is 21.5. The van der Waals surface area contributed by atoms with Gasteiger partial charge in [0, 0.05) is 35.7 Å². The van der Waals surface area contributed by atoms with Gasteiger partial charge in [0.1, 0.15) is 0 Å². The van der Waals surface area contributed by atoms with Crippen molar-refractivity contribution >= 4 is 33.4 Å². The highest BCUT2D eigenvalue weighted by Crippen LogP contribution is 2.18. The zero-order valence-corrected chi connectivity index (χ0v) is 18.3. The number of rotatable bonds is 7. The second kappa shape index (κ2) is 10.6. The fraction of sp³-hybridized carbons (Fsp3) is 0.391. The van der Waals surface area contributed by atoms with Gasteiger partial charge in [-0.3, -0.25) is 14.5 Å². The van der Waals surface area contributed by atoms with E-state index in [4.69, 9.17) is 0 Å². The van der Waals surface area contributed by atoms with E-state index in [1.165, 1.54) is 5.56 Å². The lowest BCUT2D eigenvalue weighted by molar-refractivity contribution is -0.123. The van der Waals surface area contributed by atoms with Crippen LogP contribution in [0.5, 0.6) is 0 Å². The number of benzene rings is 2. The van der Waals surface area contributed by atoms with E-state index < -0.39 is 0 Å². The number of nitrogens with zero attached hydrogens (tertiary/aromatic N) is 1. The Morgan fingerprint density at radius 2 is 1.83 bits per heavy atom. The maximum absolute atomic E-state index is 12.6. The van der Waals surface area contributed by atoms with E-state index in [1.54, 1.807) is 0 Å². The van der Waals surface area contributed by atoms with Crippen molar-refractivity contribution in [2.45, 2.75) is 44.7 Å². The molecule has 1 saturated heterocycles. The van der Waals surface area contributed by atoms with Gasteiger partial charge in [0.25, 0.3) is 0 Å². The van der Waals surface area contributed by atoms with Crippen molar-refractivity contribution in [1.82, 2.24) is 10.2 Å². The number of hydrogen-bond donors (Lipinski definition) is 2. The Morgan fingerprint density at radius 3 is 2.52 bits per heavy atom. The summed E-state index contributed by atoms with van der Waals surface area (Å²) < 4.78 is 0.937. The second-order valence-corrected chi connectivity index (χ2v) is 8.45. The Labute approximate surface area is 181 Å². The van der Waals surface area contributed by atoms with E-state index in [1.807, 2.05) is 61.5 Å². The van der Waals surface area contributed by atoms with Crippen LogP contribution in [0, 0.1) is 0 Å². The van der Waals surface area contributed by atoms with Crippen molar-refractivity contribution < 1.29 is 9.59 Å². The van der Waals surface area contributed by atoms with Crippen LogP contribution in [0.15, 0.2) is 59.1 Å². The molecule has 0 saturated carbocycles. The monoisotopic (exact) mass is 457 g/mol. The van der Waals surface area contributed by atoms with Gasteiger partial charge in [-0.2, -0.15) is 0 Å². The van der Waals surface area contributed by atoms with Crippen molar-refractivity contribution in [3.05, 3.63) is 64.6 Å². The summed E-state index contributed by atoms with van der Waals surface area (Å²) in [5, 5.41) is 6.13. The third-order valence-corrected chi connectivity index (χ3v) is 5.89. The normalized spacial score (nSPS) is 16.2. The van der Waals surface area contributed by atoms with Crippen molar-refractivity contribution in [2.24, 2.45) is 0 Å². The van der Waals surface area contributed by atoms with Gasteiger partial charge in [-0.1, -0.05) is 52.3 Å². The topological polar surface area (TPSA) is 61.4 Å². The Morgan fingerprint density at radius 1 is 1.10 bits per heavy atom. The molecule has 0 spiro atoms. The van der Waals surface area contributed by atoms with Gasteiger partial charge in [-0.15, -0.1) is 0 Å². The number of amides is 2. The molecule has 0 bridgehead atoms. The van der Waals surface area contributed by atoms with Crippen LogP contribution in [0.2, 0.25) is 0 Å². The standard InChI is InChI=1S/C23H28BrN3O2/c1-17(23(29)26-21-9-5-8-19(24)16-21)27-14-12-20(13-15-27)25-22(28)11-10-18-6-3-2-4-7-18/h2-9,16-17,20H,10-15H2,1H3,(H,25,28)(H,26,29). The number of anilines is 1. The SMILES string of the molecule is CC(C(=O)Nc1cccc(Br)c1)N1CCC(NC(=O)CCc2ccccc2)CC1. The number of piperidine rings is 1. The smallest absolute Gasteiger partial charge is 0.241 e. The molecular weight excluding hydrogens is 430 g/mol. The van der Waals surface area contributed by atoms with E-state index in [0.29, 0.717) is 6.42 Å². The highest BCUT2D eigenvalue weighted by atomic mass is 79.9. The summed E-state index contributed by atoms with van der Waals surface area (Å²) in [5.41, 5.74) is 1.97. The van der Waals surface area contributed by atoms with Crippen LogP contribution >= 0.6 is 15.9 Å². The van der Waals surface area contributed by atoms with E-state index in [2.05, 4.69) is 31.5 Å². The first-order valence-electron chi connectivity index (χ1n) is 10.1. The molecule has 2 amide bonds. The van der Waals surface area contributed by atoms with Gasteiger partial charge in [0.2, 0.25) is 11.8 Å².